The third-order valence-electron chi connectivity index (χ3n) is 3.53. The van der Waals surface area contributed by atoms with Crippen LogP contribution in [0.25, 0.3) is 0 Å². The van der Waals surface area contributed by atoms with Crippen molar-refractivity contribution in [2.75, 3.05) is 11.9 Å². The first-order valence-electron chi connectivity index (χ1n) is 8.06. The Morgan fingerprint density at radius 3 is 2.39 bits per heavy atom. The van der Waals surface area contributed by atoms with Crippen molar-refractivity contribution >= 4 is 58.1 Å². The van der Waals surface area contributed by atoms with Gasteiger partial charge in [0.05, 0.1) is 15.1 Å². The smallest absolute Gasteiger partial charge is 0.344 e. The van der Waals surface area contributed by atoms with Gasteiger partial charge in [0.1, 0.15) is 5.75 Å². The molecule has 0 aliphatic carbocycles. The van der Waals surface area contributed by atoms with Crippen LogP contribution < -0.4 is 10.1 Å². The van der Waals surface area contributed by atoms with Crippen LogP contribution in [0, 0.1) is 0 Å². The highest BCUT2D eigenvalue weighted by Gasteiger charge is 2.19. The number of Topliss-reactive ketones (excluding diaryl/α,β-unsaturated/α-hetero) is 1. The third kappa shape index (κ3) is 6.12. The molecule has 0 aliphatic rings. The van der Waals surface area contributed by atoms with Gasteiger partial charge in [-0.05, 0) is 32.0 Å². The lowest BCUT2D eigenvalue weighted by atomic mass is 10.1. The van der Waals surface area contributed by atoms with E-state index < -0.39 is 24.6 Å². The van der Waals surface area contributed by atoms with Gasteiger partial charge in [-0.25, -0.2) is 4.79 Å². The number of amides is 1. The number of hydrogen-bond donors (Lipinski definition) is 1. The van der Waals surface area contributed by atoms with E-state index in [2.05, 4.69) is 5.32 Å². The highest BCUT2D eigenvalue weighted by Crippen LogP contribution is 2.33. The summed E-state index contributed by atoms with van der Waals surface area (Å²) in [6, 6.07) is 9.18. The molecule has 0 heterocycles. The first kappa shape index (κ1) is 22.0. The normalized spacial score (nSPS) is 11.5. The lowest BCUT2D eigenvalue weighted by Crippen LogP contribution is -2.31. The zero-order valence-corrected chi connectivity index (χ0v) is 17.2. The Balaban J connectivity index is 1.89. The van der Waals surface area contributed by atoms with E-state index in [0.717, 1.165) is 0 Å². The van der Waals surface area contributed by atoms with Crippen molar-refractivity contribution in [3.05, 3.63) is 57.0 Å². The Kier molecular flexibility index (Phi) is 7.69. The molecule has 0 aliphatic heterocycles. The quantitative estimate of drug-likeness (QED) is 0.377. The molecule has 0 bridgehead atoms. The Morgan fingerprint density at radius 1 is 1.04 bits per heavy atom. The molecule has 2 aromatic rings. The second kappa shape index (κ2) is 9.78. The second-order valence-corrected chi connectivity index (χ2v) is 6.97. The van der Waals surface area contributed by atoms with Crippen LogP contribution in [0.15, 0.2) is 36.4 Å². The first-order valence-corrected chi connectivity index (χ1v) is 9.19. The van der Waals surface area contributed by atoms with Crippen molar-refractivity contribution in [1.82, 2.24) is 0 Å². The standard InChI is InChI=1S/C19H16Cl3NO5/c1-10(24)12-4-3-5-13(6-12)23-19(26)11(2)28-18(25)9-27-17-8-15(21)14(20)7-16(17)22/h3-8,11H,9H2,1-2H3,(H,23,26). The minimum Gasteiger partial charge on any atom is -0.480 e. The van der Waals surface area contributed by atoms with E-state index in [-0.39, 0.29) is 26.6 Å². The molecule has 1 amide bonds. The van der Waals surface area contributed by atoms with Crippen molar-refractivity contribution in [3.63, 3.8) is 0 Å². The molecule has 1 N–H and O–H groups in total. The lowest BCUT2D eigenvalue weighted by molar-refractivity contribution is -0.155. The average molecular weight is 445 g/mol. The Morgan fingerprint density at radius 2 is 1.71 bits per heavy atom. The molecule has 2 rings (SSSR count). The molecule has 9 heteroatoms. The van der Waals surface area contributed by atoms with Crippen LogP contribution in [0.3, 0.4) is 0 Å². The van der Waals surface area contributed by atoms with Crippen molar-refractivity contribution in [1.29, 1.82) is 0 Å². The van der Waals surface area contributed by atoms with Crippen molar-refractivity contribution in [3.8, 4) is 5.75 Å². The van der Waals surface area contributed by atoms with Gasteiger partial charge in [-0.15, -0.1) is 0 Å². The summed E-state index contributed by atoms with van der Waals surface area (Å²) >= 11 is 17.7. The molecular formula is C19H16Cl3NO5. The lowest BCUT2D eigenvalue weighted by Gasteiger charge is -2.14. The number of ether oxygens (including phenoxy) is 2. The van der Waals surface area contributed by atoms with Gasteiger partial charge in [-0.1, -0.05) is 46.9 Å². The number of benzene rings is 2. The number of hydrogen-bond acceptors (Lipinski definition) is 5. The molecular weight excluding hydrogens is 429 g/mol. The number of carbonyl (C=O) groups is 3. The van der Waals surface area contributed by atoms with E-state index in [9.17, 15) is 14.4 Å². The SMILES string of the molecule is CC(=O)c1cccc(NC(=O)C(C)OC(=O)COc2cc(Cl)c(Cl)cc2Cl)c1. The molecule has 0 saturated heterocycles. The molecule has 28 heavy (non-hydrogen) atoms. The first-order chi connectivity index (χ1) is 13.2. The predicted molar refractivity (Wildman–Crippen MR) is 108 cm³/mol. The van der Waals surface area contributed by atoms with Crippen LogP contribution in [-0.4, -0.2) is 30.4 Å². The van der Waals surface area contributed by atoms with Gasteiger partial charge in [0.25, 0.3) is 5.91 Å². The molecule has 148 valence electrons. The Labute approximate surface area is 176 Å². The van der Waals surface area contributed by atoms with Crippen molar-refractivity contribution < 1.29 is 23.9 Å². The minimum atomic E-state index is -1.08. The van der Waals surface area contributed by atoms with E-state index >= 15 is 0 Å². The number of esters is 1. The minimum absolute atomic E-state index is 0.131. The van der Waals surface area contributed by atoms with Crippen LogP contribution >= 0.6 is 34.8 Å². The maximum atomic E-state index is 12.2. The van der Waals surface area contributed by atoms with Crippen molar-refractivity contribution in [2.24, 2.45) is 0 Å². The predicted octanol–water partition coefficient (Wildman–Crippen LogP) is 4.80. The zero-order chi connectivity index (χ0) is 20.8. The van der Waals surface area contributed by atoms with Crippen LogP contribution in [0.5, 0.6) is 5.75 Å². The highest BCUT2D eigenvalue weighted by molar-refractivity contribution is 6.43. The molecule has 1 unspecified atom stereocenters. The zero-order valence-electron chi connectivity index (χ0n) is 14.9. The van der Waals surface area contributed by atoms with Gasteiger partial charge in [0.2, 0.25) is 0 Å². The van der Waals surface area contributed by atoms with Crippen LogP contribution in [0.1, 0.15) is 24.2 Å². The summed E-state index contributed by atoms with van der Waals surface area (Å²) in [4.78, 5) is 35.5. The van der Waals surface area contributed by atoms with Crippen LogP contribution in [0.2, 0.25) is 15.1 Å². The topological polar surface area (TPSA) is 81.7 Å². The van der Waals surface area contributed by atoms with Crippen LogP contribution in [0.4, 0.5) is 5.69 Å². The maximum absolute atomic E-state index is 12.2. The van der Waals surface area contributed by atoms with Crippen LogP contribution in [-0.2, 0) is 14.3 Å². The molecule has 0 saturated carbocycles. The van der Waals surface area contributed by atoms with E-state index in [1.54, 1.807) is 18.2 Å². The highest BCUT2D eigenvalue weighted by atomic mass is 35.5. The molecule has 2 aromatic carbocycles. The number of carbonyl (C=O) groups excluding carboxylic acids is 3. The summed E-state index contributed by atoms with van der Waals surface area (Å²) in [5.41, 5.74) is 0.869. The maximum Gasteiger partial charge on any atom is 0.344 e. The number of ketones is 1. The van der Waals surface area contributed by atoms with Gasteiger partial charge >= 0.3 is 5.97 Å². The fraction of sp³-hybridized carbons (Fsp3) is 0.211. The summed E-state index contributed by atoms with van der Waals surface area (Å²) in [7, 11) is 0. The van der Waals surface area contributed by atoms with Gasteiger partial charge in [-0.2, -0.15) is 0 Å². The molecule has 0 fully saturated rings. The molecule has 6 nitrogen and oxygen atoms in total. The number of nitrogens with one attached hydrogen (secondary N) is 1. The summed E-state index contributed by atoms with van der Waals surface area (Å²) in [5.74, 6) is -1.30. The van der Waals surface area contributed by atoms with Crippen molar-refractivity contribution in [2.45, 2.75) is 20.0 Å². The summed E-state index contributed by atoms with van der Waals surface area (Å²) in [6.45, 7) is 2.36. The summed E-state index contributed by atoms with van der Waals surface area (Å²) in [6.07, 6.45) is -1.08. The van der Waals surface area contributed by atoms with Gasteiger partial charge in [0.15, 0.2) is 18.5 Å². The number of anilines is 1. The van der Waals surface area contributed by atoms with E-state index in [1.165, 1.54) is 32.0 Å². The van der Waals surface area contributed by atoms with Gasteiger partial charge in [-0.3, -0.25) is 9.59 Å². The monoisotopic (exact) mass is 443 g/mol. The molecule has 0 aromatic heterocycles. The fourth-order valence-electron chi connectivity index (χ4n) is 2.10. The number of rotatable bonds is 7. The summed E-state index contributed by atoms with van der Waals surface area (Å²) < 4.78 is 10.3. The second-order valence-electron chi connectivity index (χ2n) is 5.74. The van der Waals surface area contributed by atoms with E-state index in [4.69, 9.17) is 44.3 Å². The summed E-state index contributed by atoms with van der Waals surface area (Å²) in [5, 5.41) is 3.22. The van der Waals surface area contributed by atoms with E-state index in [1.807, 2.05) is 0 Å². The van der Waals surface area contributed by atoms with E-state index in [0.29, 0.717) is 11.3 Å². The third-order valence-corrected chi connectivity index (χ3v) is 4.55. The molecule has 0 radical (unpaired) electrons. The Bertz CT molecular complexity index is 916. The van der Waals surface area contributed by atoms with Gasteiger partial charge in [0, 0.05) is 17.3 Å². The molecule has 1 atom stereocenters. The largest absolute Gasteiger partial charge is 0.480 e. The average Bonchev–Trinajstić information content (AvgIpc) is 2.63. The Hall–Kier alpha value is -2.28. The van der Waals surface area contributed by atoms with Gasteiger partial charge < -0.3 is 14.8 Å². The fourth-order valence-corrected chi connectivity index (χ4v) is 2.69. The number of halogens is 3. The molecule has 0 spiro atoms.